The number of amides is 1. The first kappa shape index (κ1) is 32.1. The van der Waals surface area contributed by atoms with Gasteiger partial charge in [-0.3, -0.25) is 4.79 Å². The predicted molar refractivity (Wildman–Crippen MR) is 151 cm³/mol. The minimum atomic E-state index is -0.0497. The highest BCUT2D eigenvalue weighted by atomic mass is 16.3. The Balaban J connectivity index is 1.67. The Bertz CT molecular complexity index is 633. The van der Waals surface area contributed by atoms with Crippen LogP contribution in [0, 0.1) is 35.5 Å². The van der Waals surface area contributed by atoms with Gasteiger partial charge in [0.25, 0.3) is 0 Å². The molecule has 2 aliphatic rings. The molecule has 0 radical (unpaired) electrons. The molecule has 2 rings (SSSR count). The molecular weight excluding hydrogens is 466 g/mol. The van der Waals surface area contributed by atoms with Crippen molar-refractivity contribution in [2.75, 3.05) is 52.5 Å². The largest absolute Gasteiger partial charge is 0.395 e. The number of hydrogen-bond donors (Lipinski definition) is 4. The van der Waals surface area contributed by atoms with Crippen LogP contribution < -0.4 is 5.73 Å². The first-order chi connectivity index (χ1) is 17.8. The Kier molecular flexibility index (Phi) is 15.1. The fourth-order valence-corrected chi connectivity index (χ4v) is 6.74. The molecule has 5 N–H and O–H groups in total. The molecule has 1 amide bonds. The Labute approximate surface area is 226 Å². The molecule has 2 aliphatic carbocycles. The van der Waals surface area contributed by atoms with Crippen molar-refractivity contribution in [3.8, 4) is 0 Å². The van der Waals surface area contributed by atoms with E-state index < -0.39 is 0 Å². The molecule has 0 heterocycles. The molecule has 0 bridgehead atoms. The summed E-state index contributed by atoms with van der Waals surface area (Å²) in [5.74, 6) is 3.69. The van der Waals surface area contributed by atoms with E-state index in [0.29, 0.717) is 32.1 Å². The monoisotopic (exact) mass is 523 g/mol. The standard InChI is InChI=1S/C30H57N3O4/c1-23(4-5-26-6-12-29(13-7-26)30(37)33(17-20-35)18-21-36)24(2)22-27-8-10-28(11-9-27)25(3)32(15-14-31)16-19-34/h23-24,26-29,34-36H,3-22,31H2,1-2H3. The Morgan fingerprint density at radius 3 is 1.84 bits per heavy atom. The number of allylic oxidation sites excluding steroid dienone is 1. The molecule has 7 nitrogen and oxygen atoms in total. The summed E-state index contributed by atoms with van der Waals surface area (Å²) in [6.45, 7) is 11.9. The Hall–Kier alpha value is -1.15. The van der Waals surface area contributed by atoms with E-state index in [2.05, 4.69) is 25.3 Å². The van der Waals surface area contributed by atoms with Gasteiger partial charge in [0, 0.05) is 44.3 Å². The molecule has 216 valence electrons. The van der Waals surface area contributed by atoms with Gasteiger partial charge < -0.3 is 30.9 Å². The summed E-state index contributed by atoms with van der Waals surface area (Å²) >= 11 is 0. The molecule has 2 fully saturated rings. The second kappa shape index (κ2) is 17.4. The van der Waals surface area contributed by atoms with Gasteiger partial charge in [0.2, 0.25) is 5.91 Å². The van der Waals surface area contributed by atoms with Gasteiger partial charge >= 0.3 is 0 Å². The lowest BCUT2D eigenvalue weighted by atomic mass is 9.73. The summed E-state index contributed by atoms with van der Waals surface area (Å²) < 4.78 is 0. The zero-order valence-corrected chi connectivity index (χ0v) is 23.8. The van der Waals surface area contributed by atoms with E-state index in [1.165, 1.54) is 50.6 Å². The lowest BCUT2D eigenvalue weighted by molar-refractivity contribution is -0.138. The number of carbonyl (C=O) groups is 1. The highest BCUT2D eigenvalue weighted by Gasteiger charge is 2.30. The van der Waals surface area contributed by atoms with Crippen molar-refractivity contribution in [1.29, 1.82) is 0 Å². The molecule has 2 saturated carbocycles. The molecule has 2 atom stereocenters. The van der Waals surface area contributed by atoms with Crippen LogP contribution >= 0.6 is 0 Å². The van der Waals surface area contributed by atoms with E-state index in [4.69, 9.17) is 5.73 Å². The molecule has 0 saturated heterocycles. The number of aliphatic hydroxyl groups excluding tert-OH is 3. The Morgan fingerprint density at radius 2 is 1.30 bits per heavy atom. The molecule has 37 heavy (non-hydrogen) atoms. The van der Waals surface area contributed by atoms with Crippen molar-refractivity contribution >= 4 is 5.91 Å². The lowest BCUT2D eigenvalue weighted by Gasteiger charge is -2.37. The van der Waals surface area contributed by atoms with Crippen molar-refractivity contribution in [3.63, 3.8) is 0 Å². The van der Waals surface area contributed by atoms with Crippen LogP contribution in [0.1, 0.15) is 84.5 Å². The van der Waals surface area contributed by atoms with Gasteiger partial charge in [-0.1, -0.05) is 33.3 Å². The molecule has 2 unspecified atom stereocenters. The van der Waals surface area contributed by atoms with Crippen LogP contribution in [0.4, 0.5) is 0 Å². The predicted octanol–water partition coefficient (Wildman–Crippen LogP) is 3.62. The van der Waals surface area contributed by atoms with E-state index >= 15 is 0 Å². The van der Waals surface area contributed by atoms with E-state index in [9.17, 15) is 20.1 Å². The number of nitrogens with zero attached hydrogens (tertiary/aromatic N) is 2. The smallest absolute Gasteiger partial charge is 0.225 e. The van der Waals surface area contributed by atoms with E-state index in [1.54, 1.807) is 4.90 Å². The summed E-state index contributed by atoms with van der Waals surface area (Å²) in [5, 5.41) is 27.8. The van der Waals surface area contributed by atoms with Gasteiger partial charge in [0.15, 0.2) is 0 Å². The molecule has 0 spiro atoms. The average Bonchev–Trinajstić information content (AvgIpc) is 2.91. The van der Waals surface area contributed by atoms with E-state index in [1.807, 2.05) is 0 Å². The topological polar surface area (TPSA) is 110 Å². The Morgan fingerprint density at radius 1 is 0.784 bits per heavy atom. The lowest BCUT2D eigenvalue weighted by Crippen LogP contribution is -2.41. The highest BCUT2D eigenvalue weighted by Crippen LogP contribution is 2.39. The van der Waals surface area contributed by atoms with Gasteiger partial charge in [-0.05, 0) is 87.4 Å². The maximum Gasteiger partial charge on any atom is 0.225 e. The van der Waals surface area contributed by atoms with Crippen LogP contribution in [0.3, 0.4) is 0 Å². The molecule has 0 aromatic heterocycles. The fraction of sp³-hybridized carbons (Fsp3) is 0.900. The normalized spacial score (nSPS) is 25.9. The quantitative estimate of drug-likeness (QED) is 0.232. The molecule has 0 aromatic rings. The van der Waals surface area contributed by atoms with Crippen LogP contribution in [-0.2, 0) is 4.79 Å². The van der Waals surface area contributed by atoms with Gasteiger partial charge in [-0.15, -0.1) is 0 Å². The van der Waals surface area contributed by atoms with Crippen molar-refractivity contribution in [3.05, 3.63) is 12.3 Å². The number of nitrogens with two attached hydrogens (primary N) is 1. The maximum absolute atomic E-state index is 12.8. The second-order valence-corrected chi connectivity index (χ2v) is 12.0. The van der Waals surface area contributed by atoms with Crippen molar-refractivity contribution in [2.45, 2.75) is 84.5 Å². The number of hydrogen-bond acceptors (Lipinski definition) is 6. The first-order valence-electron chi connectivity index (χ1n) is 15.1. The second-order valence-electron chi connectivity index (χ2n) is 12.0. The maximum atomic E-state index is 12.8. The van der Waals surface area contributed by atoms with Crippen molar-refractivity contribution in [2.24, 2.45) is 41.2 Å². The fourth-order valence-electron chi connectivity index (χ4n) is 6.74. The van der Waals surface area contributed by atoms with Crippen molar-refractivity contribution in [1.82, 2.24) is 9.80 Å². The highest BCUT2D eigenvalue weighted by molar-refractivity contribution is 5.78. The zero-order valence-electron chi connectivity index (χ0n) is 23.8. The van der Waals surface area contributed by atoms with Crippen LogP contribution in [-0.4, -0.2) is 83.6 Å². The van der Waals surface area contributed by atoms with Crippen LogP contribution in [0.2, 0.25) is 0 Å². The van der Waals surface area contributed by atoms with Gasteiger partial charge in [-0.2, -0.15) is 0 Å². The third-order valence-electron chi connectivity index (χ3n) is 9.45. The summed E-state index contributed by atoms with van der Waals surface area (Å²) in [4.78, 5) is 16.6. The number of aliphatic hydroxyl groups is 3. The minimum Gasteiger partial charge on any atom is -0.395 e. The third kappa shape index (κ3) is 10.5. The molecule has 0 aliphatic heterocycles. The SMILES string of the molecule is C=C(C1CCC(CC(C)C(C)CCC2CCC(C(=O)N(CCO)CCO)CC2)CC1)N(CCN)CCO. The van der Waals surface area contributed by atoms with E-state index in [-0.39, 0.29) is 31.6 Å². The van der Waals surface area contributed by atoms with E-state index in [0.717, 1.165) is 55.9 Å². The minimum absolute atomic E-state index is 0.0497. The summed E-state index contributed by atoms with van der Waals surface area (Å²) in [7, 11) is 0. The zero-order chi connectivity index (χ0) is 27.2. The summed E-state index contributed by atoms with van der Waals surface area (Å²) in [6.07, 6.45) is 12.9. The molecule has 7 heteroatoms. The molecule has 0 aromatic carbocycles. The summed E-state index contributed by atoms with van der Waals surface area (Å²) in [6, 6.07) is 0. The van der Waals surface area contributed by atoms with Crippen LogP contribution in [0.25, 0.3) is 0 Å². The van der Waals surface area contributed by atoms with Crippen LogP contribution in [0.15, 0.2) is 12.3 Å². The molecular formula is C30H57N3O4. The number of carbonyl (C=O) groups excluding carboxylic acids is 1. The van der Waals surface area contributed by atoms with Crippen LogP contribution in [0.5, 0.6) is 0 Å². The third-order valence-corrected chi connectivity index (χ3v) is 9.45. The average molecular weight is 524 g/mol. The summed E-state index contributed by atoms with van der Waals surface area (Å²) in [5.41, 5.74) is 6.93. The van der Waals surface area contributed by atoms with Gasteiger partial charge in [-0.25, -0.2) is 0 Å². The van der Waals surface area contributed by atoms with Crippen molar-refractivity contribution < 1.29 is 20.1 Å². The first-order valence-corrected chi connectivity index (χ1v) is 15.1. The van der Waals surface area contributed by atoms with Gasteiger partial charge in [0.1, 0.15) is 0 Å². The number of rotatable bonds is 17. The van der Waals surface area contributed by atoms with Gasteiger partial charge in [0.05, 0.1) is 19.8 Å².